The molecule has 0 bridgehead atoms. The molecule has 1 atom stereocenters. The number of aryl methyl sites for hydroxylation is 1. The van der Waals surface area contributed by atoms with Crippen LogP contribution in [-0.4, -0.2) is 43.6 Å². The zero-order valence-electron chi connectivity index (χ0n) is 11.9. The number of aromatic nitrogens is 2. The quantitative estimate of drug-likeness (QED) is 0.609. The molecule has 6 heteroatoms. The van der Waals surface area contributed by atoms with E-state index in [9.17, 15) is 0 Å². The first-order valence-corrected chi connectivity index (χ1v) is 6.84. The second-order valence-electron chi connectivity index (χ2n) is 4.68. The van der Waals surface area contributed by atoms with Crippen molar-refractivity contribution in [1.82, 2.24) is 10.1 Å². The van der Waals surface area contributed by atoms with Crippen molar-refractivity contribution in [1.29, 1.82) is 0 Å². The molecule has 1 aromatic heterocycles. The van der Waals surface area contributed by atoms with Gasteiger partial charge in [-0.2, -0.15) is 4.98 Å². The third-order valence-electron chi connectivity index (χ3n) is 2.92. The van der Waals surface area contributed by atoms with Crippen molar-refractivity contribution in [3.8, 4) is 0 Å². The van der Waals surface area contributed by atoms with E-state index in [1.807, 2.05) is 0 Å². The molecule has 110 valence electrons. The maximum atomic E-state index is 5.52. The third kappa shape index (κ3) is 7.25. The number of ether oxygens (including phenoxy) is 2. The highest BCUT2D eigenvalue weighted by atomic mass is 16.5. The van der Waals surface area contributed by atoms with Gasteiger partial charge in [0.1, 0.15) is 0 Å². The number of hydrogen-bond donors (Lipinski definition) is 1. The predicted molar refractivity (Wildman–Crippen MR) is 71.9 cm³/mol. The van der Waals surface area contributed by atoms with E-state index in [0.717, 1.165) is 25.8 Å². The monoisotopic (exact) mass is 271 g/mol. The van der Waals surface area contributed by atoms with Crippen LogP contribution in [0.1, 0.15) is 31.5 Å². The molecule has 0 spiro atoms. The summed E-state index contributed by atoms with van der Waals surface area (Å²) in [5.74, 6) is 2.01. The van der Waals surface area contributed by atoms with Gasteiger partial charge in [0.25, 0.3) is 0 Å². The standard InChI is InChI=1S/C13H25N3O3/c1-11(5-7-14)3-4-13-15-12(16-19-13)6-8-18-10-9-17-2/h11H,3-10,14H2,1-2H3. The number of nitrogens with zero attached hydrogens (tertiary/aromatic N) is 2. The average Bonchev–Trinajstić information content (AvgIpc) is 2.84. The summed E-state index contributed by atoms with van der Waals surface area (Å²) in [5, 5.41) is 3.94. The summed E-state index contributed by atoms with van der Waals surface area (Å²) in [6, 6.07) is 0. The van der Waals surface area contributed by atoms with Crippen molar-refractivity contribution in [2.45, 2.75) is 32.6 Å². The van der Waals surface area contributed by atoms with E-state index in [0.29, 0.717) is 43.9 Å². The van der Waals surface area contributed by atoms with Gasteiger partial charge in [-0.1, -0.05) is 12.1 Å². The van der Waals surface area contributed by atoms with Gasteiger partial charge in [0.15, 0.2) is 5.82 Å². The second kappa shape index (κ2) is 9.89. The molecule has 1 unspecified atom stereocenters. The number of rotatable bonds is 11. The van der Waals surface area contributed by atoms with E-state index in [1.54, 1.807) is 7.11 Å². The van der Waals surface area contributed by atoms with E-state index in [4.69, 9.17) is 19.7 Å². The van der Waals surface area contributed by atoms with E-state index in [1.165, 1.54) is 0 Å². The van der Waals surface area contributed by atoms with Crippen LogP contribution < -0.4 is 5.73 Å². The maximum Gasteiger partial charge on any atom is 0.226 e. The number of hydrogen-bond acceptors (Lipinski definition) is 6. The topological polar surface area (TPSA) is 83.4 Å². The molecule has 0 amide bonds. The zero-order valence-corrected chi connectivity index (χ0v) is 11.9. The Kier molecular flexibility index (Phi) is 8.36. The summed E-state index contributed by atoms with van der Waals surface area (Å²) in [4.78, 5) is 4.34. The van der Waals surface area contributed by atoms with Gasteiger partial charge in [0.2, 0.25) is 5.89 Å². The maximum absolute atomic E-state index is 5.52. The normalized spacial score (nSPS) is 12.8. The van der Waals surface area contributed by atoms with Crippen molar-refractivity contribution in [2.75, 3.05) is 33.5 Å². The van der Waals surface area contributed by atoms with Crippen LogP contribution in [0.5, 0.6) is 0 Å². The summed E-state index contributed by atoms with van der Waals surface area (Å²) in [5.41, 5.74) is 5.52. The van der Waals surface area contributed by atoms with Crippen LogP contribution in [0.2, 0.25) is 0 Å². The Morgan fingerprint density at radius 2 is 2.05 bits per heavy atom. The van der Waals surface area contributed by atoms with Crippen LogP contribution in [0.3, 0.4) is 0 Å². The highest BCUT2D eigenvalue weighted by Gasteiger charge is 2.08. The molecular weight excluding hydrogens is 246 g/mol. The molecule has 2 N–H and O–H groups in total. The lowest BCUT2D eigenvalue weighted by Gasteiger charge is -2.06. The van der Waals surface area contributed by atoms with Crippen molar-refractivity contribution in [3.63, 3.8) is 0 Å². The van der Waals surface area contributed by atoms with Crippen LogP contribution >= 0.6 is 0 Å². The highest BCUT2D eigenvalue weighted by Crippen LogP contribution is 2.11. The van der Waals surface area contributed by atoms with Crippen LogP contribution in [0, 0.1) is 5.92 Å². The summed E-state index contributed by atoms with van der Waals surface area (Å²) in [6.07, 6.45) is 3.56. The van der Waals surface area contributed by atoms with Gasteiger partial charge in [0, 0.05) is 20.0 Å². The third-order valence-corrected chi connectivity index (χ3v) is 2.92. The molecular formula is C13H25N3O3. The minimum absolute atomic E-state index is 0.589. The highest BCUT2D eigenvalue weighted by molar-refractivity contribution is 4.87. The Morgan fingerprint density at radius 3 is 2.79 bits per heavy atom. The van der Waals surface area contributed by atoms with Gasteiger partial charge in [-0.05, 0) is 25.3 Å². The van der Waals surface area contributed by atoms with E-state index >= 15 is 0 Å². The molecule has 19 heavy (non-hydrogen) atoms. The van der Waals surface area contributed by atoms with Crippen molar-refractivity contribution in [2.24, 2.45) is 11.7 Å². The molecule has 1 rings (SSSR count). The molecule has 0 aromatic carbocycles. The van der Waals surface area contributed by atoms with Gasteiger partial charge in [-0.25, -0.2) is 0 Å². The lowest BCUT2D eigenvalue weighted by atomic mass is 10.0. The molecule has 0 aliphatic rings. The van der Waals surface area contributed by atoms with Crippen LogP contribution in [-0.2, 0) is 22.3 Å². The Hall–Kier alpha value is -0.980. The molecule has 0 radical (unpaired) electrons. The van der Waals surface area contributed by atoms with Gasteiger partial charge < -0.3 is 19.7 Å². The Morgan fingerprint density at radius 1 is 1.21 bits per heavy atom. The van der Waals surface area contributed by atoms with E-state index in [-0.39, 0.29) is 0 Å². The number of nitrogens with two attached hydrogens (primary N) is 1. The largest absolute Gasteiger partial charge is 0.382 e. The molecule has 0 fully saturated rings. The zero-order chi connectivity index (χ0) is 13.9. The van der Waals surface area contributed by atoms with Crippen molar-refractivity contribution < 1.29 is 14.0 Å². The molecule has 6 nitrogen and oxygen atoms in total. The average molecular weight is 271 g/mol. The van der Waals surface area contributed by atoms with Crippen LogP contribution in [0.25, 0.3) is 0 Å². The fourth-order valence-electron chi connectivity index (χ4n) is 1.70. The molecule has 0 saturated carbocycles. The first-order valence-electron chi connectivity index (χ1n) is 6.84. The summed E-state index contributed by atoms with van der Waals surface area (Å²) in [7, 11) is 1.65. The molecule has 1 aromatic rings. The minimum Gasteiger partial charge on any atom is -0.382 e. The van der Waals surface area contributed by atoms with Gasteiger partial charge in [-0.3, -0.25) is 0 Å². The molecule has 1 heterocycles. The fraction of sp³-hybridized carbons (Fsp3) is 0.846. The Balaban J connectivity index is 2.17. The lowest BCUT2D eigenvalue weighted by molar-refractivity contribution is 0.0714. The van der Waals surface area contributed by atoms with E-state index in [2.05, 4.69) is 17.1 Å². The summed E-state index contributed by atoms with van der Waals surface area (Å²) in [6.45, 7) is 4.71. The van der Waals surface area contributed by atoms with Gasteiger partial charge in [-0.15, -0.1) is 0 Å². The summed E-state index contributed by atoms with van der Waals surface area (Å²) >= 11 is 0. The molecule has 0 saturated heterocycles. The first-order chi connectivity index (χ1) is 9.26. The van der Waals surface area contributed by atoms with Crippen molar-refractivity contribution >= 4 is 0 Å². The molecule has 0 aliphatic carbocycles. The lowest BCUT2D eigenvalue weighted by Crippen LogP contribution is -2.07. The Labute approximate surface area is 114 Å². The SMILES string of the molecule is COCCOCCc1noc(CCC(C)CCN)n1. The van der Waals surface area contributed by atoms with Crippen LogP contribution in [0.15, 0.2) is 4.52 Å². The fourth-order valence-corrected chi connectivity index (χ4v) is 1.70. The predicted octanol–water partition coefficient (Wildman–Crippen LogP) is 1.19. The Bertz CT molecular complexity index is 331. The molecule has 0 aliphatic heterocycles. The van der Waals surface area contributed by atoms with Gasteiger partial charge in [0.05, 0.1) is 19.8 Å². The summed E-state index contributed by atoms with van der Waals surface area (Å²) < 4.78 is 15.4. The van der Waals surface area contributed by atoms with Crippen LogP contribution in [0.4, 0.5) is 0 Å². The minimum atomic E-state index is 0.589. The smallest absolute Gasteiger partial charge is 0.226 e. The van der Waals surface area contributed by atoms with Crippen molar-refractivity contribution in [3.05, 3.63) is 11.7 Å². The van der Waals surface area contributed by atoms with Gasteiger partial charge >= 0.3 is 0 Å². The second-order valence-corrected chi connectivity index (χ2v) is 4.68. The first kappa shape index (κ1) is 16.1. The van der Waals surface area contributed by atoms with E-state index < -0.39 is 0 Å². The number of methoxy groups -OCH3 is 1.